The van der Waals surface area contributed by atoms with Crippen molar-refractivity contribution in [2.24, 2.45) is 5.90 Å². The fraction of sp³-hybridized carbons (Fsp3) is 0.222. The second kappa shape index (κ2) is 3.65. The SMILES string of the molecule is NOCCc1cccc2oc(=O)[nH]c12. The van der Waals surface area contributed by atoms with Gasteiger partial charge >= 0.3 is 5.76 Å². The van der Waals surface area contributed by atoms with Crippen molar-refractivity contribution in [3.05, 3.63) is 34.3 Å². The Morgan fingerprint density at radius 1 is 1.50 bits per heavy atom. The van der Waals surface area contributed by atoms with Gasteiger partial charge in [-0.2, -0.15) is 0 Å². The van der Waals surface area contributed by atoms with Crippen LogP contribution in [-0.2, 0) is 11.3 Å². The van der Waals surface area contributed by atoms with E-state index >= 15 is 0 Å². The molecule has 3 N–H and O–H groups in total. The van der Waals surface area contributed by atoms with Gasteiger partial charge in [0.1, 0.15) is 0 Å². The van der Waals surface area contributed by atoms with E-state index in [0.717, 1.165) is 11.1 Å². The third kappa shape index (κ3) is 1.55. The fourth-order valence-electron chi connectivity index (χ4n) is 1.41. The molecule has 0 bridgehead atoms. The van der Waals surface area contributed by atoms with Gasteiger partial charge in [0.15, 0.2) is 5.58 Å². The molecule has 0 aliphatic rings. The van der Waals surface area contributed by atoms with Crippen molar-refractivity contribution < 1.29 is 9.25 Å². The number of H-pyrrole nitrogens is 1. The van der Waals surface area contributed by atoms with Crippen LogP contribution in [0.25, 0.3) is 11.1 Å². The first-order valence-corrected chi connectivity index (χ1v) is 4.23. The highest BCUT2D eigenvalue weighted by Gasteiger charge is 2.05. The van der Waals surface area contributed by atoms with Crippen molar-refractivity contribution in [1.82, 2.24) is 4.98 Å². The number of oxazole rings is 1. The molecule has 74 valence electrons. The van der Waals surface area contributed by atoms with E-state index in [1.54, 1.807) is 6.07 Å². The van der Waals surface area contributed by atoms with Crippen LogP contribution in [0.5, 0.6) is 0 Å². The number of benzene rings is 1. The molecule has 0 atom stereocenters. The molecule has 0 radical (unpaired) electrons. The van der Waals surface area contributed by atoms with Gasteiger partial charge in [0.05, 0.1) is 12.1 Å². The summed E-state index contributed by atoms with van der Waals surface area (Å²) in [6.45, 7) is 0.409. The first-order chi connectivity index (χ1) is 6.81. The molecule has 1 aromatic heterocycles. The Balaban J connectivity index is 2.47. The molecule has 0 spiro atoms. The molecule has 0 fully saturated rings. The monoisotopic (exact) mass is 194 g/mol. The number of fused-ring (bicyclic) bond motifs is 1. The number of rotatable bonds is 3. The highest BCUT2D eigenvalue weighted by atomic mass is 16.6. The van der Waals surface area contributed by atoms with E-state index in [2.05, 4.69) is 9.82 Å². The summed E-state index contributed by atoms with van der Waals surface area (Å²) in [4.78, 5) is 18.0. The molecule has 5 heteroatoms. The summed E-state index contributed by atoms with van der Waals surface area (Å²) in [5.74, 6) is 4.49. The van der Waals surface area contributed by atoms with E-state index in [1.165, 1.54) is 0 Å². The number of hydrogen-bond donors (Lipinski definition) is 2. The quantitative estimate of drug-likeness (QED) is 0.699. The molecule has 14 heavy (non-hydrogen) atoms. The average molecular weight is 194 g/mol. The van der Waals surface area contributed by atoms with Crippen LogP contribution >= 0.6 is 0 Å². The molecule has 2 aromatic rings. The number of para-hydroxylation sites is 1. The van der Waals surface area contributed by atoms with E-state index in [-0.39, 0.29) is 0 Å². The Labute approximate surface area is 79.4 Å². The molecule has 0 saturated carbocycles. The summed E-state index contributed by atoms with van der Waals surface area (Å²) in [5, 5.41) is 0. The van der Waals surface area contributed by atoms with Gasteiger partial charge in [0.25, 0.3) is 0 Å². The lowest BCUT2D eigenvalue weighted by Crippen LogP contribution is -2.04. The number of nitrogens with two attached hydrogens (primary N) is 1. The van der Waals surface area contributed by atoms with Crippen LogP contribution in [0.3, 0.4) is 0 Å². The summed E-state index contributed by atoms with van der Waals surface area (Å²) in [6, 6.07) is 5.46. The van der Waals surface area contributed by atoms with Crippen LogP contribution in [0, 0.1) is 0 Å². The van der Waals surface area contributed by atoms with E-state index < -0.39 is 5.76 Å². The zero-order chi connectivity index (χ0) is 9.97. The van der Waals surface area contributed by atoms with Crippen molar-refractivity contribution in [2.75, 3.05) is 6.61 Å². The smallest absolute Gasteiger partial charge is 0.408 e. The van der Waals surface area contributed by atoms with E-state index in [9.17, 15) is 4.79 Å². The lowest BCUT2D eigenvalue weighted by Gasteiger charge is -1.99. The largest absolute Gasteiger partial charge is 0.417 e. The maximum atomic E-state index is 10.9. The van der Waals surface area contributed by atoms with Gasteiger partial charge in [0.2, 0.25) is 0 Å². The molecular weight excluding hydrogens is 184 g/mol. The minimum absolute atomic E-state index is 0.409. The van der Waals surface area contributed by atoms with Crippen molar-refractivity contribution in [1.29, 1.82) is 0 Å². The molecule has 0 unspecified atom stereocenters. The van der Waals surface area contributed by atoms with Gasteiger partial charge in [-0.1, -0.05) is 12.1 Å². The molecule has 0 aliphatic heterocycles. The summed E-state index contributed by atoms with van der Waals surface area (Å²) in [7, 11) is 0. The van der Waals surface area contributed by atoms with Crippen LogP contribution in [0.2, 0.25) is 0 Å². The second-order valence-electron chi connectivity index (χ2n) is 2.93. The third-order valence-electron chi connectivity index (χ3n) is 2.03. The summed E-state index contributed by atoms with van der Waals surface area (Å²) >= 11 is 0. The van der Waals surface area contributed by atoms with Gasteiger partial charge in [-0.05, 0) is 18.1 Å². The van der Waals surface area contributed by atoms with Gasteiger partial charge in [0, 0.05) is 0 Å². The van der Waals surface area contributed by atoms with Crippen molar-refractivity contribution in [2.45, 2.75) is 6.42 Å². The normalized spacial score (nSPS) is 10.9. The Morgan fingerprint density at radius 3 is 3.14 bits per heavy atom. The van der Waals surface area contributed by atoms with Crippen LogP contribution in [0.4, 0.5) is 0 Å². The lowest BCUT2D eigenvalue weighted by atomic mass is 10.1. The highest BCUT2D eigenvalue weighted by molar-refractivity contribution is 5.75. The molecule has 1 heterocycles. The average Bonchev–Trinajstić information content (AvgIpc) is 2.55. The zero-order valence-electron chi connectivity index (χ0n) is 7.45. The predicted molar refractivity (Wildman–Crippen MR) is 50.7 cm³/mol. The molecule has 0 aliphatic carbocycles. The summed E-state index contributed by atoms with van der Waals surface area (Å²) in [5.41, 5.74) is 2.23. The number of aromatic amines is 1. The maximum absolute atomic E-state index is 10.9. The number of aromatic nitrogens is 1. The van der Waals surface area contributed by atoms with Gasteiger partial charge in [-0.25, -0.2) is 10.7 Å². The first kappa shape index (κ1) is 8.98. The zero-order valence-corrected chi connectivity index (χ0v) is 7.45. The molecule has 0 amide bonds. The highest BCUT2D eigenvalue weighted by Crippen LogP contribution is 2.15. The Kier molecular flexibility index (Phi) is 2.34. The molecule has 0 saturated heterocycles. The van der Waals surface area contributed by atoms with Gasteiger partial charge in [-0.3, -0.25) is 4.98 Å². The Hall–Kier alpha value is -1.59. The second-order valence-corrected chi connectivity index (χ2v) is 2.93. The van der Waals surface area contributed by atoms with E-state index in [1.807, 2.05) is 12.1 Å². The molecule has 2 rings (SSSR count). The molecule has 1 aromatic carbocycles. The predicted octanol–water partition coefficient (Wildman–Crippen LogP) is 0.554. The van der Waals surface area contributed by atoms with Crippen LogP contribution in [-0.4, -0.2) is 11.6 Å². The number of hydrogen-bond acceptors (Lipinski definition) is 4. The minimum atomic E-state index is -0.443. The fourth-order valence-corrected chi connectivity index (χ4v) is 1.41. The van der Waals surface area contributed by atoms with Crippen molar-refractivity contribution in [3.8, 4) is 0 Å². The van der Waals surface area contributed by atoms with Gasteiger partial charge in [-0.15, -0.1) is 0 Å². The van der Waals surface area contributed by atoms with Crippen molar-refractivity contribution >= 4 is 11.1 Å². The summed E-state index contributed by atoms with van der Waals surface area (Å²) < 4.78 is 4.91. The standard InChI is InChI=1S/C9H10N2O3/c10-13-5-4-6-2-1-3-7-8(6)11-9(12)14-7/h1-3H,4-5,10H2,(H,11,12). The maximum Gasteiger partial charge on any atom is 0.417 e. The Morgan fingerprint density at radius 2 is 2.36 bits per heavy atom. The topological polar surface area (TPSA) is 81.2 Å². The van der Waals surface area contributed by atoms with Crippen molar-refractivity contribution in [3.63, 3.8) is 0 Å². The third-order valence-corrected chi connectivity index (χ3v) is 2.03. The first-order valence-electron chi connectivity index (χ1n) is 4.23. The van der Waals surface area contributed by atoms with Gasteiger partial charge < -0.3 is 9.25 Å². The Bertz CT molecular complexity index is 486. The van der Waals surface area contributed by atoms with Crippen LogP contribution in [0.1, 0.15) is 5.56 Å². The molecule has 5 nitrogen and oxygen atoms in total. The molecular formula is C9H10N2O3. The van der Waals surface area contributed by atoms with Crippen LogP contribution in [0.15, 0.2) is 27.4 Å². The van der Waals surface area contributed by atoms with E-state index in [0.29, 0.717) is 18.6 Å². The minimum Gasteiger partial charge on any atom is -0.408 e. The van der Waals surface area contributed by atoms with E-state index in [4.69, 9.17) is 10.3 Å². The summed E-state index contributed by atoms with van der Waals surface area (Å²) in [6.07, 6.45) is 0.642. The number of nitrogens with one attached hydrogen (secondary N) is 1. The lowest BCUT2D eigenvalue weighted by molar-refractivity contribution is 0.141. The van der Waals surface area contributed by atoms with Crippen LogP contribution < -0.4 is 11.7 Å².